The van der Waals surface area contributed by atoms with Crippen molar-refractivity contribution < 1.29 is 22.8 Å². The van der Waals surface area contributed by atoms with Crippen LogP contribution in [-0.2, 0) is 15.8 Å². The van der Waals surface area contributed by atoms with E-state index >= 15 is 0 Å². The Morgan fingerprint density at radius 1 is 1.19 bits per heavy atom. The number of benzene rings is 1. The summed E-state index contributed by atoms with van der Waals surface area (Å²) in [4.78, 5) is 24.0. The molecule has 1 aromatic carbocycles. The second kappa shape index (κ2) is 6.92. The van der Waals surface area contributed by atoms with Gasteiger partial charge in [-0.3, -0.25) is 9.59 Å². The largest absolute Gasteiger partial charge is 0.416 e. The second-order valence-corrected chi connectivity index (χ2v) is 4.46. The Hall–Kier alpha value is -2.31. The van der Waals surface area contributed by atoms with Crippen molar-refractivity contribution in [3.63, 3.8) is 0 Å². The Morgan fingerprint density at radius 3 is 2.24 bits per heavy atom. The molecule has 0 saturated heterocycles. The summed E-state index contributed by atoms with van der Waals surface area (Å²) in [6.45, 7) is -0.136. The van der Waals surface area contributed by atoms with Crippen molar-refractivity contribution in [3.8, 4) is 0 Å². The molecule has 0 aliphatic heterocycles. The number of nitrogens with zero attached hydrogens (tertiary/aromatic N) is 1. The van der Waals surface area contributed by atoms with Crippen LogP contribution in [0.25, 0.3) is 6.08 Å². The molecule has 0 atom stereocenters. The molecule has 0 heterocycles. The van der Waals surface area contributed by atoms with Gasteiger partial charge in [0.05, 0.1) is 12.1 Å². The monoisotopic (exact) mass is 300 g/mol. The maximum atomic E-state index is 12.4. The number of rotatable bonds is 4. The van der Waals surface area contributed by atoms with E-state index in [-0.39, 0.29) is 12.5 Å². The molecule has 7 heteroatoms. The molecule has 1 N–H and O–H groups in total. The van der Waals surface area contributed by atoms with Crippen LogP contribution in [-0.4, -0.2) is 37.4 Å². The third-order valence-electron chi connectivity index (χ3n) is 2.58. The summed E-state index contributed by atoms with van der Waals surface area (Å²) in [5, 5.41) is 2.37. The lowest BCUT2D eigenvalue weighted by Gasteiger charge is -2.09. The zero-order chi connectivity index (χ0) is 16.0. The quantitative estimate of drug-likeness (QED) is 0.864. The van der Waals surface area contributed by atoms with Crippen molar-refractivity contribution in [1.82, 2.24) is 10.2 Å². The van der Waals surface area contributed by atoms with Crippen LogP contribution in [0.15, 0.2) is 30.3 Å². The van der Waals surface area contributed by atoms with Gasteiger partial charge in [-0.25, -0.2) is 0 Å². The number of hydrogen-bond acceptors (Lipinski definition) is 2. The minimum Gasteiger partial charge on any atom is -0.347 e. The number of hydrogen-bond donors (Lipinski definition) is 1. The van der Waals surface area contributed by atoms with Crippen LogP contribution in [0.2, 0.25) is 0 Å². The van der Waals surface area contributed by atoms with Crippen LogP contribution in [0.5, 0.6) is 0 Å². The van der Waals surface area contributed by atoms with E-state index in [1.54, 1.807) is 14.1 Å². The van der Waals surface area contributed by atoms with E-state index in [1.807, 2.05) is 0 Å². The summed E-state index contributed by atoms with van der Waals surface area (Å²) in [5.41, 5.74) is -0.294. The van der Waals surface area contributed by atoms with Gasteiger partial charge in [0.15, 0.2) is 0 Å². The van der Waals surface area contributed by atoms with E-state index in [0.29, 0.717) is 5.56 Å². The predicted octanol–water partition coefficient (Wildman–Crippen LogP) is 1.92. The molecule has 0 radical (unpaired) electrons. The van der Waals surface area contributed by atoms with Gasteiger partial charge in [-0.05, 0) is 23.8 Å². The van der Waals surface area contributed by atoms with Gasteiger partial charge in [0.2, 0.25) is 11.8 Å². The molecule has 0 aromatic heterocycles. The maximum absolute atomic E-state index is 12.4. The van der Waals surface area contributed by atoms with Gasteiger partial charge in [-0.1, -0.05) is 12.1 Å². The molecule has 0 fully saturated rings. The fraction of sp³-hybridized carbons (Fsp3) is 0.286. The van der Waals surface area contributed by atoms with Crippen molar-refractivity contribution in [2.75, 3.05) is 20.6 Å². The highest BCUT2D eigenvalue weighted by molar-refractivity contribution is 5.94. The molecule has 0 spiro atoms. The summed E-state index contributed by atoms with van der Waals surface area (Å²) in [6.07, 6.45) is -1.85. The van der Waals surface area contributed by atoms with Crippen molar-refractivity contribution in [2.24, 2.45) is 0 Å². The average molecular weight is 300 g/mol. The Labute approximate surface area is 120 Å². The van der Waals surface area contributed by atoms with Gasteiger partial charge >= 0.3 is 6.18 Å². The molecule has 0 unspecified atom stereocenters. The fourth-order valence-electron chi connectivity index (χ4n) is 1.33. The average Bonchev–Trinajstić information content (AvgIpc) is 2.41. The normalized spacial score (nSPS) is 11.5. The summed E-state index contributed by atoms with van der Waals surface area (Å²) >= 11 is 0. The highest BCUT2D eigenvalue weighted by Crippen LogP contribution is 2.29. The number of amides is 2. The number of likely N-dealkylation sites (N-methyl/N-ethyl adjacent to an activating group) is 1. The minimum atomic E-state index is -4.38. The molecule has 0 aliphatic rings. The number of carbonyl (C=O) groups is 2. The van der Waals surface area contributed by atoms with Gasteiger partial charge in [-0.15, -0.1) is 0 Å². The molecule has 2 amide bonds. The van der Waals surface area contributed by atoms with Crippen LogP contribution in [0.3, 0.4) is 0 Å². The van der Waals surface area contributed by atoms with Crippen LogP contribution in [0.4, 0.5) is 13.2 Å². The van der Waals surface area contributed by atoms with Crippen LogP contribution in [0, 0.1) is 0 Å². The van der Waals surface area contributed by atoms with Crippen LogP contribution in [0.1, 0.15) is 11.1 Å². The first-order valence-corrected chi connectivity index (χ1v) is 6.03. The molecule has 0 bridgehead atoms. The zero-order valence-corrected chi connectivity index (χ0v) is 11.6. The number of carbonyl (C=O) groups excluding carboxylic acids is 2. The van der Waals surface area contributed by atoms with E-state index in [4.69, 9.17) is 0 Å². The molecular weight excluding hydrogens is 285 g/mol. The fourth-order valence-corrected chi connectivity index (χ4v) is 1.33. The van der Waals surface area contributed by atoms with E-state index in [2.05, 4.69) is 5.32 Å². The first kappa shape index (κ1) is 16.7. The lowest BCUT2D eigenvalue weighted by atomic mass is 10.1. The van der Waals surface area contributed by atoms with Gasteiger partial charge in [-0.2, -0.15) is 13.2 Å². The second-order valence-electron chi connectivity index (χ2n) is 4.46. The van der Waals surface area contributed by atoms with E-state index in [0.717, 1.165) is 18.2 Å². The number of halogens is 3. The smallest absolute Gasteiger partial charge is 0.347 e. The van der Waals surface area contributed by atoms with Crippen molar-refractivity contribution >= 4 is 17.9 Å². The van der Waals surface area contributed by atoms with Crippen molar-refractivity contribution in [3.05, 3.63) is 41.5 Å². The lowest BCUT2D eigenvalue weighted by molar-refractivity contribution is -0.137. The SMILES string of the molecule is CN(C)C(=O)CNC(=O)/C=C/c1ccc(C(F)(F)F)cc1. The van der Waals surface area contributed by atoms with Crippen LogP contribution >= 0.6 is 0 Å². The maximum Gasteiger partial charge on any atom is 0.416 e. The Balaban J connectivity index is 2.57. The third-order valence-corrected chi connectivity index (χ3v) is 2.58. The number of nitrogens with one attached hydrogen (secondary N) is 1. The summed E-state index contributed by atoms with van der Waals surface area (Å²) in [6, 6.07) is 4.40. The van der Waals surface area contributed by atoms with E-state index in [1.165, 1.54) is 23.1 Å². The lowest BCUT2D eigenvalue weighted by Crippen LogP contribution is -2.35. The van der Waals surface area contributed by atoms with Gasteiger partial charge < -0.3 is 10.2 Å². The highest BCUT2D eigenvalue weighted by atomic mass is 19.4. The first-order valence-electron chi connectivity index (χ1n) is 6.03. The van der Waals surface area contributed by atoms with Gasteiger partial charge in [0, 0.05) is 20.2 Å². The molecule has 0 aliphatic carbocycles. The molecule has 21 heavy (non-hydrogen) atoms. The standard InChI is InChI=1S/C14H15F3N2O2/c1-19(2)13(21)9-18-12(20)8-5-10-3-6-11(7-4-10)14(15,16)17/h3-8H,9H2,1-2H3,(H,18,20)/b8-5+. The van der Waals surface area contributed by atoms with Crippen molar-refractivity contribution in [2.45, 2.75) is 6.18 Å². The van der Waals surface area contributed by atoms with Gasteiger partial charge in [0.25, 0.3) is 0 Å². The molecule has 114 valence electrons. The Morgan fingerprint density at radius 2 is 1.76 bits per heavy atom. The van der Waals surface area contributed by atoms with E-state index < -0.39 is 17.6 Å². The van der Waals surface area contributed by atoms with E-state index in [9.17, 15) is 22.8 Å². The summed E-state index contributed by atoms with van der Waals surface area (Å²) in [7, 11) is 3.12. The highest BCUT2D eigenvalue weighted by Gasteiger charge is 2.29. The third kappa shape index (κ3) is 5.68. The predicted molar refractivity (Wildman–Crippen MR) is 72.2 cm³/mol. The van der Waals surface area contributed by atoms with Gasteiger partial charge in [0.1, 0.15) is 0 Å². The molecule has 0 saturated carbocycles. The molecule has 1 rings (SSSR count). The number of alkyl halides is 3. The molecular formula is C14H15F3N2O2. The first-order chi connectivity index (χ1) is 9.70. The molecule has 1 aromatic rings. The molecule has 4 nitrogen and oxygen atoms in total. The van der Waals surface area contributed by atoms with Crippen LogP contribution < -0.4 is 5.32 Å². The topological polar surface area (TPSA) is 49.4 Å². The summed E-state index contributed by atoms with van der Waals surface area (Å²) < 4.78 is 37.1. The summed E-state index contributed by atoms with van der Waals surface area (Å²) in [5.74, 6) is -0.753. The Kier molecular flexibility index (Phi) is 5.52. The zero-order valence-electron chi connectivity index (χ0n) is 11.6. The minimum absolute atomic E-state index is 0.136. The Bertz CT molecular complexity index is 534. The van der Waals surface area contributed by atoms with Crippen molar-refractivity contribution in [1.29, 1.82) is 0 Å².